The van der Waals surface area contributed by atoms with Gasteiger partial charge in [0, 0.05) is 4.90 Å². The van der Waals surface area contributed by atoms with Gasteiger partial charge in [0.15, 0.2) is 0 Å². The molecule has 2 heteroatoms. The Labute approximate surface area is 72.1 Å². The van der Waals surface area contributed by atoms with Crippen LogP contribution in [0.5, 0.6) is 0 Å². The van der Waals surface area contributed by atoms with E-state index in [0.717, 1.165) is 11.3 Å². The lowest BCUT2D eigenvalue weighted by molar-refractivity contribution is 1.12. The van der Waals surface area contributed by atoms with Crippen molar-refractivity contribution in [3.8, 4) is 6.07 Å². The third kappa shape index (κ3) is 1.75. The van der Waals surface area contributed by atoms with Gasteiger partial charge in [0.05, 0.1) is 5.56 Å². The van der Waals surface area contributed by atoms with Gasteiger partial charge < -0.3 is 0 Å². The first-order valence-electron chi connectivity index (χ1n) is 3.50. The van der Waals surface area contributed by atoms with Crippen LogP contribution in [-0.2, 0) is 6.42 Å². The van der Waals surface area contributed by atoms with E-state index in [2.05, 4.69) is 25.6 Å². The highest BCUT2D eigenvalue weighted by Crippen LogP contribution is 2.14. The summed E-state index contributed by atoms with van der Waals surface area (Å²) in [6, 6.07) is 7.82. The molecule has 0 unspecified atom stereocenters. The Morgan fingerprint density at radius 2 is 2.27 bits per heavy atom. The first-order chi connectivity index (χ1) is 5.27. The average Bonchev–Trinajstić information content (AvgIpc) is 2.05. The topological polar surface area (TPSA) is 23.8 Å². The zero-order chi connectivity index (χ0) is 8.27. The molecular formula is C9H9NS. The Bertz CT molecular complexity index is 299. The molecule has 1 rings (SSSR count). The molecule has 0 aliphatic rings. The molecule has 0 saturated heterocycles. The molecule has 0 bridgehead atoms. The fraction of sp³-hybridized carbons (Fsp3) is 0.222. The molecule has 0 fully saturated rings. The lowest BCUT2D eigenvalue weighted by atomic mass is 10.1. The molecule has 0 spiro atoms. The fourth-order valence-corrected chi connectivity index (χ4v) is 1.08. The molecule has 0 radical (unpaired) electrons. The van der Waals surface area contributed by atoms with Crippen LogP contribution in [0.1, 0.15) is 18.1 Å². The predicted octanol–water partition coefficient (Wildman–Crippen LogP) is 2.41. The summed E-state index contributed by atoms with van der Waals surface area (Å²) in [5.74, 6) is 0. The van der Waals surface area contributed by atoms with Crippen molar-refractivity contribution in [2.24, 2.45) is 0 Å². The molecule has 0 aliphatic heterocycles. The van der Waals surface area contributed by atoms with Crippen molar-refractivity contribution >= 4 is 12.6 Å². The predicted molar refractivity (Wildman–Crippen MR) is 47.8 cm³/mol. The molecule has 1 aromatic rings. The van der Waals surface area contributed by atoms with Gasteiger partial charge in [0.2, 0.25) is 0 Å². The van der Waals surface area contributed by atoms with Crippen LogP contribution in [0, 0.1) is 11.3 Å². The number of hydrogen-bond donors (Lipinski definition) is 1. The quantitative estimate of drug-likeness (QED) is 0.631. The van der Waals surface area contributed by atoms with Gasteiger partial charge in [-0.05, 0) is 24.1 Å². The minimum Gasteiger partial charge on any atom is -0.192 e. The van der Waals surface area contributed by atoms with Gasteiger partial charge in [-0.2, -0.15) is 5.26 Å². The van der Waals surface area contributed by atoms with E-state index in [1.807, 2.05) is 18.2 Å². The summed E-state index contributed by atoms with van der Waals surface area (Å²) < 4.78 is 0. The van der Waals surface area contributed by atoms with Crippen molar-refractivity contribution in [2.75, 3.05) is 0 Å². The summed E-state index contributed by atoms with van der Waals surface area (Å²) in [5, 5.41) is 8.64. The van der Waals surface area contributed by atoms with Crippen LogP contribution >= 0.6 is 12.6 Å². The highest BCUT2D eigenvalue weighted by molar-refractivity contribution is 7.80. The lowest BCUT2D eigenvalue weighted by Crippen LogP contribution is -1.83. The number of nitriles is 1. The first-order valence-corrected chi connectivity index (χ1v) is 3.94. The summed E-state index contributed by atoms with van der Waals surface area (Å²) >= 11 is 4.14. The second-order valence-electron chi connectivity index (χ2n) is 2.32. The number of nitrogens with zero attached hydrogens (tertiary/aromatic N) is 1. The molecular weight excluding hydrogens is 154 g/mol. The molecule has 11 heavy (non-hydrogen) atoms. The largest absolute Gasteiger partial charge is 0.192 e. The normalized spacial score (nSPS) is 9.18. The fourth-order valence-electron chi connectivity index (χ4n) is 0.893. The van der Waals surface area contributed by atoms with Crippen molar-refractivity contribution in [1.29, 1.82) is 5.26 Å². The molecule has 1 aromatic carbocycles. The number of aryl methyl sites for hydroxylation is 1. The molecule has 0 heterocycles. The van der Waals surface area contributed by atoms with E-state index in [9.17, 15) is 0 Å². The SMILES string of the molecule is CCc1ccc(S)c(C#N)c1. The number of thiol groups is 1. The monoisotopic (exact) mass is 163 g/mol. The Hall–Kier alpha value is -0.940. The van der Waals surface area contributed by atoms with Gasteiger partial charge in [-0.1, -0.05) is 13.0 Å². The molecule has 0 saturated carbocycles. The van der Waals surface area contributed by atoms with Crippen molar-refractivity contribution in [2.45, 2.75) is 18.2 Å². The van der Waals surface area contributed by atoms with Crippen LogP contribution in [-0.4, -0.2) is 0 Å². The highest BCUT2D eigenvalue weighted by atomic mass is 32.1. The standard InChI is InChI=1S/C9H9NS/c1-2-7-3-4-9(11)8(5-7)6-10/h3-5,11H,2H2,1H3. The third-order valence-corrected chi connectivity index (χ3v) is 1.98. The van der Waals surface area contributed by atoms with E-state index in [0.29, 0.717) is 5.56 Å². The minimum absolute atomic E-state index is 0.660. The number of hydrogen-bond acceptors (Lipinski definition) is 2. The van der Waals surface area contributed by atoms with Crippen LogP contribution in [0.4, 0.5) is 0 Å². The van der Waals surface area contributed by atoms with Gasteiger partial charge >= 0.3 is 0 Å². The van der Waals surface area contributed by atoms with Gasteiger partial charge in [-0.15, -0.1) is 12.6 Å². The summed E-state index contributed by atoms with van der Waals surface area (Å²) in [4.78, 5) is 0.754. The molecule has 0 aliphatic carbocycles. The highest BCUT2D eigenvalue weighted by Gasteiger charge is 1.97. The third-order valence-electron chi connectivity index (χ3n) is 1.59. The lowest BCUT2D eigenvalue weighted by Gasteiger charge is -1.98. The second-order valence-corrected chi connectivity index (χ2v) is 2.80. The maximum Gasteiger partial charge on any atom is 0.100 e. The summed E-state index contributed by atoms with van der Waals surface area (Å²) in [6.07, 6.45) is 0.961. The van der Waals surface area contributed by atoms with Gasteiger partial charge in [0.1, 0.15) is 6.07 Å². The Kier molecular flexibility index (Phi) is 2.56. The summed E-state index contributed by atoms with van der Waals surface area (Å²) in [7, 11) is 0. The Morgan fingerprint density at radius 1 is 1.55 bits per heavy atom. The summed E-state index contributed by atoms with van der Waals surface area (Å²) in [6.45, 7) is 2.06. The van der Waals surface area contributed by atoms with Crippen LogP contribution in [0.3, 0.4) is 0 Å². The van der Waals surface area contributed by atoms with Crippen molar-refractivity contribution < 1.29 is 0 Å². The maximum atomic E-state index is 8.64. The zero-order valence-corrected chi connectivity index (χ0v) is 7.23. The second kappa shape index (κ2) is 3.45. The van der Waals surface area contributed by atoms with E-state index < -0.39 is 0 Å². The van der Waals surface area contributed by atoms with E-state index in [1.54, 1.807) is 0 Å². The number of rotatable bonds is 1. The smallest absolute Gasteiger partial charge is 0.100 e. The molecule has 56 valence electrons. The van der Waals surface area contributed by atoms with Gasteiger partial charge in [-0.3, -0.25) is 0 Å². The number of benzene rings is 1. The van der Waals surface area contributed by atoms with E-state index in [1.165, 1.54) is 5.56 Å². The van der Waals surface area contributed by atoms with E-state index in [-0.39, 0.29) is 0 Å². The molecule has 1 nitrogen and oxygen atoms in total. The summed E-state index contributed by atoms with van der Waals surface area (Å²) in [5.41, 5.74) is 1.84. The van der Waals surface area contributed by atoms with Crippen LogP contribution in [0.15, 0.2) is 23.1 Å². The molecule has 0 aromatic heterocycles. The first kappa shape index (κ1) is 8.16. The maximum absolute atomic E-state index is 8.64. The average molecular weight is 163 g/mol. The van der Waals surface area contributed by atoms with Crippen LogP contribution in [0.2, 0.25) is 0 Å². The van der Waals surface area contributed by atoms with Crippen molar-refractivity contribution in [3.63, 3.8) is 0 Å². The van der Waals surface area contributed by atoms with E-state index in [4.69, 9.17) is 5.26 Å². The van der Waals surface area contributed by atoms with Crippen LogP contribution < -0.4 is 0 Å². The molecule has 0 N–H and O–H groups in total. The van der Waals surface area contributed by atoms with E-state index >= 15 is 0 Å². The molecule has 0 atom stereocenters. The van der Waals surface area contributed by atoms with Crippen molar-refractivity contribution in [3.05, 3.63) is 29.3 Å². The van der Waals surface area contributed by atoms with Gasteiger partial charge in [-0.25, -0.2) is 0 Å². The van der Waals surface area contributed by atoms with Crippen LogP contribution in [0.25, 0.3) is 0 Å². The Balaban J connectivity index is 3.15. The van der Waals surface area contributed by atoms with Crippen molar-refractivity contribution in [1.82, 2.24) is 0 Å². The minimum atomic E-state index is 0.660. The Morgan fingerprint density at radius 3 is 2.82 bits per heavy atom. The van der Waals surface area contributed by atoms with Gasteiger partial charge in [0.25, 0.3) is 0 Å². The zero-order valence-electron chi connectivity index (χ0n) is 6.33. The molecule has 0 amide bonds.